The van der Waals surface area contributed by atoms with Crippen molar-refractivity contribution >= 4 is 15.7 Å². The van der Waals surface area contributed by atoms with E-state index in [4.69, 9.17) is 4.74 Å². The number of halogens is 3. The highest BCUT2D eigenvalue weighted by Gasteiger charge is 2.32. The number of hydrogen-bond acceptors (Lipinski definition) is 4. The second-order valence-corrected chi connectivity index (χ2v) is 11.3. The van der Waals surface area contributed by atoms with Gasteiger partial charge in [-0.3, -0.25) is 4.79 Å². The Balaban J connectivity index is 1.48. The summed E-state index contributed by atoms with van der Waals surface area (Å²) in [6, 6.07) is 9.55. The van der Waals surface area contributed by atoms with Crippen LogP contribution in [0.4, 0.5) is 13.2 Å². The topological polar surface area (TPSA) is 63.7 Å². The van der Waals surface area contributed by atoms with E-state index in [-0.39, 0.29) is 28.4 Å². The molecule has 0 N–H and O–H groups in total. The van der Waals surface area contributed by atoms with Crippen molar-refractivity contribution in [1.82, 2.24) is 4.90 Å². The molecule has 2 aromatic rings. The Morgan fingerprint density at radius 3 is 2.35 bits per heavy atom. The van der Waals surface area contributed by atoms with Crippen LogP contribution >= 0.6 is 0 Å². The molecule has 184 valence electrons. The number of alkyl halides is 3. The summed E-state index contributed by atoms with van der Waals surface area (Å²) in [5, 5.41) is 0. The molecule has 0 aromatic heterocycles. The predicted octanol–water partition coefficient (Wildman–Crippen LogP) is 5.14. The van der Waals surface area contributed by atoms with Crippen molar-refractivity contribution in [2.45, 2.75) is 55.7 Å². The first-order chi connectivity index (χ1) is 16.0. The van der Waals surface area contributed by atoms with Crippen molar-refractivity contribution in [2.75, 3.05) is 19.3 Å². The minimum absolute atomic E-state index is 0.0154. The smallest absolute Gasteiger partial charge is 0.416 e. The SMILES string of the molecule is CS(=O)(=O)c1ccc(OC2CCCC2)c(C(=O)N2CCC(Cc3ccc(C(F)(F)F)cc3)C2)c1. The van der Waals surface area contributed by atoms with Crippen LogP contribution in [0.5, 0.6) is 5.75 Å². The molecule has 1 saturated carbocycles. The number of carbonyl (C=O) groups excluding carboxylic acids is 1. The third-order valence-electron chi connectivity index (χ3n) is 6.58. The highest BCUT2D eigenvalue weighted by atomic mass is 32.2. The first-order valence-electron chi connectivity index (χ1n) is 11.5. The van der Waals surface area contributed by atoms with Crippen LogP contribution in [0.1, 0.15) is 53.6 Å². The van der Waals surface area contributed by atoms with E-state index >= 15 is 0 Å². The summed E-state index contributed by atoms with van der Waals surface area (Å²) in [6.45, 7) is 0.946. The quantitative estimate of drug-likeness (QED) is 0.557. The molecular weight excluding hydrogens is 467 g/mol. The van der Waals surface area contributed by atoms with E-state index in [2.05, 4.69) is 0 Å². The van der Waals surface area contributed by atoms with E-state index in [0.29, 0.717) is 25.3 Å². The number of sulfone groups is 1. The number of carbonyl (C=O) groups is 1. The average molecular weight is 496 g/mol. The Hall–Kier alpha value is -2.55. The number of hydrogen-bond donors (Lipinski definition) is 0. The molecule has 2 aliphatic rings. The van der Waals surface area contributed by atoms with Gasteiger partial charge in [0.25, 0.3) is 5.91 Å². The Labute approximate surface area is 197 Å². The molecule has 1 unspecified atom stereocenters. The lowest BCUT2D eigenvalue weighted by Gasteiger charge is -2.21. The lowest BCUT2D eigenvalue weighted by Crippen LogP contribution is -2.30. The second kappa shape index (κ2) is 9.60. The molecule has 34 heavy (non-hydrogen) atoms. The van der Waals surface area contributed by atoms with Crippen molar-refractivity contribution in [2.24, 2.45) is 5.92 Å². The molecule has 1 amide bonds. The van der Waals surface area contributed by atoms with E-state index < -0.39 is 21.6 Å². The highest BCUT2D eigenvalue weighted by Crippen LogP contribution is 2.32. The minimum atomic E-state index is -4.37. The first kappa shape index (κ1) is 24.6. The van der Waals surface area contributed by atoms with Gasteiger partial charge in [0.15, 0.2) is 9.84 Å². The standard InChI is InChI=1S/C25H28F3NO4S/c1-34(31,32)21-10-11-23(33-20-4-2-3-5-20)22(15-21)24(30)29-13-12-18(16-29)14-17-6-8-19(9-7-17)25(26,27)28/h6-11,15,18,20H,2-5,12-14,16H2,1H3. The number of rotatable bonds is 6. The van der Waals surface area contributed by atoms with Crippen LogP contribution in [0.25, 0.3) is 0 Å². The van der Waals surface area contributed by atoms with Gasteiger partial charge in [-0.2, -0.15) is 13.2 Å². The molecule has 0 radical (unpaired) electrons. The largest absolute Gasteiger partial charge is 0.490 e. The molecule has 4 rings (SSSR count). The fourth-order valence-corrected chi connectivity index (χ4v) is 5.36. The number of benzene rings is 2. The number of likely N-dealkylation sites (tertiary alicyclic amines) is 1. The Morgan fingerprint density at radius 1 is 1.06 bits per heavy atom. The highest BCUT2D eigenvalue weighted by molar-refractivity contribution is 7.90. The van der Waals surface area contributed by atoms with Gasteiger partial charge >= 0.3 is 6.18 Å². The summed E-state index contributed by atoms with van der Waals surface area (Å²) >= 11 is 0. The van der Waals surface area contributed by atoms with Crippen molar-refractivity contribution < 1.29 is 31.1 Å². The first-order valence-corrected chi connectivity index (χ1v) is 13.4. The Bertz CT molecular complexity index is 1140. The van der Waals surface area contributed by atoms with Gasteiger partial charge in [0.2, 0.25) is 0 Å². The molecule has 1 aliphatic carbocycles. The summed E-state index contributed by atoms with van der Waals surface area (Å²) < 4.78 is 68.7. The fourth-order valence-electron chi connectivity index (χ4n) is 4.71. The van der Waals surface area contributed by atoms with Gasteiger partial charge in [-0.15, -0.1) is 0 Å². The number of amides is 1. The van der Waals surface area contributed by atoms with Crippen LogP contribution in [0.15, 0.2) is 47.4 Å². The van der Waals surface area contributed by atoms with Gasteiger partial charge in [-0.25, -0.2) is 8.42 Å². The molecule has 1 atom stereocenters. The van der Waals surface area contributed by atoms with E-state index in [1.54, 1.807) is 11.0 Å². The average Bonchev–Trinajstić information content (AvgIpc) is 3.45. The molecule has 1 heterocycles. The van der Waals surface area contributed by atoms with Crippen molar-refractivity contribution in [1.29, 1.82) is 0 Å². The van der Waals surface area contributed by atoms with Gasteiger partial charge in [0.05, 0.1) is 22.1 Å². The van der Waals surface area contributed by atoms with Gasteiger partial charge in [-0.05, 0) is 80.3 Å². The molecule has 5 nitrogen and oxygen atoms in total. The van der Waals surface area contributed by atoms with Gasteiger partial charge in [0.1, 0.15) is 5.75 Å². The van der Waals surface area contributed by atoms with Crippen LogP contribution in [-0.2, 0) is 22.4 Å². The Kier molecular flexibility index (Phi) is 6.94. The van der Waals surface area contributed by atoms with Crippen molar-refractivity contribution in [3.63, 3.8) is 0 Å². The second-order valence-electron chi connectivity index (χ2n) is 9.26. The van der Waals surface area contributed by atoms with E-state index in [9.17, 15) is 26.4 Å². The molecule has 2 aromatic carbocycles. The van der Waals surface area contributed by atoms with Crippen molar-refractivity contribution in [3.05, 3.63) is 59.2 Å². The zero-order valence-electron chi connectivity index (χ0n) is 19.0. The van der Waals surface area contributed by atoms with Crippen molar-refractivity contribution in [3.8, 4) is 5.75 Å². The molecule has 0 spiro atoms. The zero-order chi connectivity index (χ0) is 24.5. The zero-order valence-corrected chi connectivity index (χ0v) is 19.8. The van der Waals surface area contributed by atoms with Gasteiger partial charge < -0.3 is 9.64 Å². The third-order valence-corrected chi connectivity index (χ3v) is 7.69. The third kappa shape index (κ3) is 5.74. The molecule has 0 bridgehead atoms. The molecular formula is C25H28F3NO4S. The lowest BCUT2D eigenvalue weighted by molar-refractivity contribution is -0.137. The maximum absolute atomic E-state index is 13.4. The molecule has 1 saturated heterocycles. The van der Waals surface area contributed by atoms with E-state index in [1.165, 1.54) is 24.3 Å². The summed E-state index contributed by atoms with van der Waals surface area (Å²) in [5.41, 5.74) is 0.349. The van der Waals surface area contributed by atoms with Crippen LogP contribution in [0, 0.1) is 5.92 Å². The number of ether oxygens (including phenoxy) is 1. The maximum Gasteiger partial charge on any atom is 0.416 e. The molecule has 1 aliphatic heterocycles. The summed E-state index contributed by atoms with van der Waals surface area (Å²) in [6.07, 6.45) is 1.97. The number of nitrogens with zero attached hydrogens (tertiary/aromatic N) is 1. The minimum Gasteiger partial charge on any atom is -0.490 e. The molecule has 9 heteroatoms. The lowest BCUT2D eigenvalue weighted by atomic mass is 9.98. The van der Waals surface area contributed by atoms with E-state index in [0.717, 1.165) is 56.1 Å². The van der Waals surface area contributed by atoms with Gasteiger partial charge in [0, 0.05) is 19.3 Å². The normalized spacial score (nSPS) is 19.5. The predicted molar refractivity (Wildman–Crippen MR) is 122 cm³/mol. The van der Waals surface area contributed by atoms with Crippen LogP contribution < -0.4 is 4.74 Å². The molecule has 2 fully saturated rings. The maximum atomic E-state index is 13.4. The van der Waals surface area contributed by atoms with Gasteiger partial charge in [-0.1, -0.05) is 12.1 Å². The van der Waals surface area contributed by atoms with E-state index in [1.807, 2.05) is 0 Å². The fraction of sp³-hybridized carbons (Fsp3) is 0.480. The summed E-state index contributed by atoms with van der Waals surface area (Å²) in [5.74, 6) is 0.224. The Morgan fingerprint density at radius 2 is 1.74 bits per heavy atom. The van der Waals surface area contributed by atoms with Crippen LogP contribution in [-0.4, -0.2) is 44.7 Å². The summed E-state index contributed by atoms with van der Waals surface area (Å²) in [7, 11) is -3.50. The summed E-state index contributed by atoms with van der Waals surface area (Å²) in [4.78, 5) is 15.1. The monoisotopic (exact) mass is 495 g/mol. The van der Waals surface area contributed by atoms with Crippen LogP contribution in [0.2, 0.25) is 0 Å². The van der Waals surface area contributed by atoms with Crippen LogP contribution in [0.3, 0.4) is 0 Å².